The van der Waals surface area contributed by atoms with Gasteiger partial charge >= 0.3 is 0 Å². The highest BCUT2D eigenvalue weighted by Crippen LogP contribution is 2.25. The van der Waals surface area contributed by atoms with Gasteiger partial charge in [-0.05, 0) is 24.8 Å². The molecule has 0 aliphatic heterocycles. The van der Waals surface area contributed by atoms with Gasteiger partial charge in [0.15, 0.2) is 0 Å². The summed E-state index contributed by atoms with van der Waals surface area (Å²) in [5, 5.41) is 0. The van der Waals surface area contributed by atoms with Gasteiger partial charge in [0.25, 0.3) is 0 Å². The molecule has 0 unspecified atom stereocenters. The lowest BCUT2D eigenvalue weighted by Crippen LogP contribution is -1.87. The van der Waals surface area contributed by atoms with Crippen LogP contribution in [-0.4, -0.2) is 0 Å². The minimum atomic E-state index is 0.458. The smallest absolute Gasteiger partial charge is 0.0879 e. The molecule has 0 heterocycles. The zero-order valence-corrected chi connectivity index (χ0v) is 6.54. The predicted molar refractivity (Wildman–Crippen MR) is 41.7 cm³/mol. The summed E-state index contributed by atoms with van der Waals surface area (Å²) in [6.07, 6.45) is 7.29. The highest BCUT2D eigenvalue weighted by Gasteiger charge is 2.02. The summed E-state index contributed by atoms with van der Waals surface area (Å²) in [6.45, 7) is 0. The SMILES string of the molecule is ClC(Cl)=C1CC=CCC1. The second-order valence-electron chi connectivity index (χ2n) is 2.08. The van der Waals surface area contributed by atoms with E-state index in [0.717, 1.165) is 19.3 Å². The molecule has 1 aliphatic carbocycles. The van der Waals surface area contributed by atoms with Gasteiger partial charge in [-0.25, -0.2) is 0 Å². The molecule has 0 bridgehead atoms. The van der Waals surface area contributed by atoms with Crippen molar-refractivity contribution in [1.82, 2.24) is 0 Å². The molecular weight excluding hydrogens is 155 g/mol. The maximum absolute atomic E-state index is 5.57. The Labute approximate surface area is 65.2 Å². The van der Waals surface area contributed by atoms with E-state index < -0.39 is 0 Å². The normalized spacial score (nSPS) is 18.2. The van der Waals surface area contributed by atoms with E-state index in [1.165, 1.54) is 5.57 Å². The summed E-state index contributed by atoms with van der Waals surface area (Å²) in [5.74, 6) is 0. The summed E-state index contributed by atoms with van der Waals surface area (Å²) in [7, 11) is 0. The molecule has 0 nitrogen and oxygen atoms in total. The Morgan fingerprint density at radius 3 is 2.44 bits per heavy atom. The first-order valence-corrected chi connectivity index (χ1v) is 3.74. The van der Waals surface area contributed by atoms with Gasteiger partial charge in [0.1, 0.15) is 4.49 Å². The number of halogens is 2. The molecular formula is C7H8Cl2. The van der Waals surface area contributed by atoms with Crippen LogP contribution >= 0.6 is 23.2 Å². The topological polar surface area (TPSA) is 0 Å². The molecule has 0 saturated carbocycles. The summed E-state index contributed by atoms with van der Waals surface area (Å²) < 4.78 is 0.458. The van der Waals surface area contributed by atoms with Crippen molar-refractivity contribution in [2.45, 2.75) is 19.3 Å². The Bertz CT molecular complexity index is 152. The lowest BCUT2D eigenvalue weighted by atomic mass is 10.0. The van der Waals surface area contributed by atoms with E-state index in [-0.39, 0.29) is 0 Å². The minimum absolute atomic E-state index is 0.458. The van der Waals surface area contributed by atoms with Crippen molar-refractivity contribution in [2.75, 3.05) is 0 Å². The lowest BCUT2D eigenvalue weighted by Gasteiger charge is -2.06. The van der Waals surface area contributed by atoms with E-state index in [4.69, 9.17) is 23.2 Å². The fourth-order valence-corrected chi connectivity index (χ4v) is 1.22. The van der Waals surface area contributed by atoms with E-state index in [0.29, 0.717) is 4.49 Å². The van der Waals surface area contributed by atoms with Crippen molar-refractivity contribution in [3.8, 4) is 0 Å². The van der Waals surface area contributed by atoms with Crippen molar-refractivity contribution in [2.24, 2.45) is 0 Å². The van der Waals surface area contributed by atoms with Gasteiger partial charge in [0.05, 0.1) is 0 Å². The third kappa shape index (κ3) is 2.04. The van der Waals surface area contributed by atoms with Gasteiger partial charge in [0, 0.05) is 0 Å². The molecule has 1 rings (SSSR count). The van der Waals surface area contributed by atoms with Crippen LogP contribution in [0.25, 0.3) is 0 Å². The predicted octanol–water partition coefficient (Wildman–Crippen LogP) is 3.42. The van der Waals surface area contributed by atoms with Crippen molar-refractivity contribution in [3.05, 3.63) is 22.2 Å². The van der Waals surface area contributed by atoms with Crippen LogP contribution in [0.15, 0.2) is 22.2 Å². The molecule has 9 heavy (non-hydrogen) atoms. The van der Waals surface area contributed by atoms with Crippen molar-refractivity contribution < 1.29 is 0 Å². The Hall–Kier alpha value is 0.0600. The molecule has 0 aromatic heterocycles. The Morgan fingerprint density at radius 1 is 1.33 bits per heavy atom. The first-order valence-electron chi connectivity index (χ1n) is 2.98. The Kier molecular flexibility index (Phi) is 2.62. The summed E-state index contributed by atoms with van der Waals surface area (Å²) in [5.41, 5.74) is 1.17. The highest BCUT2D eigenvalue weighted by atomic mass is 35.5. The Balaban J connectivity index is 2.64. The first-order chi connectivity index (χ1) is 4.30. The summed E-state index contributed by atoms with van der Waals surface area (Å²) in [6, 6.07) is 0. The maximum atomic E-state index is 5.57. The number of hydrogen-bond acceptors (Lipinski definition) is 0. The second-order valence-corrected chi connectivity index (χ2v) is 3.03. The van der Waals surface area contributed by atoms with Crippen LogP contribution in [0.4, 0.5) is 0 Å². The second kappa shape index (κ2) is 3.28. The molecule has 0 spiro atoms. The van der Waals surface area contributed by atoms with Gasteiger partial charge in [-0.2, -0.15) is 0 Å². The van der Waals surface area contributed by atoms with Crippen LogP contribution in [0.3, 0.4) is 0 Å². The van der Waals surface area contributed by atoms with Crippen molar-refractivity contribution in [3.63, 3.8) is 0 Å². The summed E-state index contributed by atoms with van der Waals surface area (Å²) >= 11 is 11.1. The number of rotatable bonds is 0. The number of hydrogen-bond donors (Lipinski definition) is 0. The molecule has 0 atom stereocenters. The first kappa shape index (κ1) is 7.17. The van der Waals surface area contributed by atoms with Crippen molar-refractivity contribution >= 4 is 23.2 Å². The lowest BCUT2D eigenvalue weighted by molar-refractivity contribution is 0.900. The van der Waals surface area contributed by atoms with Crippen LogP contribution in [0.5, 0.6) is 0 Å². The quantitative estimate of drug-likeness (QED) is 0.480. The van der Waals surface area contributed by atoms with Gasteiger partial charge in [-0.15, -0.1) is 0 Å². The minimum Gasteiger partial charge on any atom is -0.0879 e. The standard InChI is InChI=1S/C7H8Cl2/c8-7(9)6-4-2-1-3-5-6/h1-2H,3-5H2. The Morgan fingerprint density at radius 2 is 2.11 bits per heavy atom. The molecule has 0 fully saturated rings. The van der Waals surface area contributed by atoms with Crippen LogP contribution in [0.1, 0.15) is 19.3 Å². The monoisotopic (exact) mass is 162 g/mol. The van der Waals surface area contributed by atoms with Crippen LogP contribution in [-0.2, 0) is 0 Å². The van der Waals surface area contributed by atoms with Crippen LogP contribution in [0.2, 0.25) is 0 Å². The van der Waals surface area contributed by atoms with E-state index in [2.05, 4.69) is 12.2 Å². The van der Waals surface area contributed by atoms with E-state index in [1.807, 2.05) is 0 Å². The molecule has 0 amide bonds. The van der Waals surface area contributed by atoms with Crippen molar-refractivity contribution in [1.29, 1.82) is 0 Å². The van der Waals surface area contributed by atoms with Gasteiger partial charge < -0.3 is 0 Å². The zero-order valence-electron chi connectivity index (χ0n) is 5.03. The van der Waals surface area contributed by atoms with E-state index in [9.17, 15) is 0 Å². The molecule has 2 heteroatoms. The van der Waals surface area contributed by atoms with Crippen LogP contribution < -0.4 is 0 Å². The fourth-order valence-electron chi connectivity index (χ4n) is 0.875. The largest absolute Gasteiger partial charge is 0.106 e. The molecule has 50 valence electrons. The number of allylic oxidation sites excluding steroid dienone is 3. The van der Waals surface area contributed by atoms with E-state index in [1.54, 1.807) is 0 Å². The average molecular weight is 163 g/mol. The van der Waals surface area contributed by atoms with Gasteiger partial charge in [0.2, 0.25) is 0 Å². The fraction of sp³-hybridized carbons (Fsp3) is 0.429. The van der Waals surface area contributed by atoms with E-state index >= 15 is 0 Å². The maximum Gasteiger partial charge on any atom is 0.106 e. The molecule has 0 N–H and O–H groups in total. The molecule has 0 radical (unpaired) electrons. The molecule has 0 aromatic carbocycles. The van der Waals surface area contributed by atoms with Gasteiger partial charge in [-0.3, -0.25) is 0 Å². The summed E-state index contributed by atoms with van der Waals surface area (Å²) in [4.78, 5) is 0. The third-order valence-corrected chi connectivity index (χ3v) is 1.95. The molecule has 1 aliphatic rings. The third-order valence-electron chi connectivity index (χ3n) is 1.41. The van der Waals surface area contributed by atoms with Crippen LogP contribution in [0, 0.1) is 0 Å². The molecule has 0 saturated heterocycles. The zero-order chi connectivity index (χ0) is 6.69. The van der Waals surface area contributed by atoms with Gasteiger partial charge in [-0.1, -0.05) is 35.4 Å². The average Bonchev–Trinajstić information content (AvgIpc) is 1.90. The molecule has 0 aromatic rings. The highest BCUT2D eigenvalue weighted by molar-refractivity contribution is 6.56.